The van der Waals surface area contributed by atoms with E-state index in [1.54, 1.807) is 18.2 Å². The third-order valence-electron chi connectivity index (χ3n) is 5.70. The number of carbonyl (C=O) groups is 3. The summed E-state index contributed by atoms with van der Waals surface area (Å²) in [4.78, 5) is 39.3. The van der Waals surface area contributed by atoms with E-state index in [-0.39, 0.29) is 11.4 Å². The van der Waals surface area contributed by atoms with Gasteiger partial charge in [-0.1, -0.05) is 48.5 Å². The summed E-state index contributed by atoms with van der Waals surface area (Å²) in [5, 5.41) is 2.31. The average Bonchev–Trinajstić information content (AvgIpc) is 3.13. The molecule has 1 N–H and O–H groups in total. The molecule has 3 amide bonds. The standard InChI is InChI=1S/C28H25BrN2O5S/c1-17-8-7-9-18(2)25(17)30-24(32)15-31-27(33)23(37-28(31)34)14-20-12-21(29)26(22(13-20)35-3)36-16-19-10-5-4-6-11-19/h4-14H,15-16H2,1-3H3,(H,30,32)/b23-14+. The molecular weight excluding hydrogens is 556 g/mol. The van der Waals surface area contributed by atoms with Crippen LogP contribution in [0.1, 0.15) is 22.3 Å². The van der Waals surface area contributed by atoms with Crippen LogP contribution in [0.25, 0.3) is 6.08 Å². The lowest BCUT2D eigenvalue weighted by molar-refractivity contribution is -0.127. The molecule has 0 unspecified atom stereocenters. The van der Waals surface area contributed by atoms with Gasteiger partial charge in [0.25, 0.3) is 11.1 Å². The van der Waals surface area contributed by atoms with Gasteiger partial charge in [0.15, 0.2) is 11.5 Å². The van der Waals surface area contributed by atoms with Crippen LogP contribution >= 0.6 is 27.7 Å². The molecule has 1 fully saturated rings. The van der Waals surface area contributed by atoms with Crippen molar-refractivity contribution in [3.05, 3.63) is 92.3 Å². The van der Waals surface area contributed by atoms with E-state index in [4.69, 9.17) is 9.47 Å². The van der Waals surface area contributed by atoms with Crippen LogP contribution in [0.4, 0.5) is 10.5 Å². The summed E-state index contributed by atoms with van der Waals surface area (Å²) < 4.78 is 12.1. The van der Waals surface area contributed by atoms with Gasteiger partial charge in [-0.3, -0.25) is 19.3 Å². The largest absolute Gasteiger partial charge is 0.493 e. The summed E-state index contributed by atoms with van der Waals surface area (Å²) in [6.07, 6.45) is 1.60. The van der Waals surface area contributed by atoms with Crippen molar-refractivity contribution in [2.75, 3.05) is 19.0 Å². The SMILES string of the molecule is COc1cc(/C=C2/SC(=O)N(CC(=O)Nc3c(C)cccc3C)C2=O)cc(Br)c1OCc1ccccc1. The summed E-state index contributed by atoms with van der Waals surface area (Å²) in [6, 6.07) is 18.9. The smallest absolute Gasteiger partial charge is 0.294 e. The third-order valence-corrected chi connectivity index (χ3v) is 7.19. The number of nitrogens with one attached hydrogen (secondary N) is 1. The van der Waals surface area contributed by atoms with E-state index in [1.165, 1.54) is 7.11 Å². The van der Waals surface area contributed by atoms with Crippen molar-refractivity contribution in [1.29, 1.82) is 0 Å². The zero-order chi connectivity index (χ0) is 26.5. The predicted octanol–water partition coefficient (Wildman–Crippen LogP) is 6.33. The molecule has 1 aliphatic heterocycles. The number of carbonyl (C=O) groups excluding carboxylic acids is 3. The number of hydrogen-bond acceptors (Lipinski definition) is 6. The van der Waals surface area contributed by atoms with Gasteiger partial charge in [-0.25, -0.2) is 0 Å². The molecule has 0 bridgehead atoms. The fourth-order valence-corrected chi connectivity index (χ4v) is 5.23. The number of aryl methyl sites for hydroxylation is 2. The number of ether oxygens (including phenoxy) is 2. The highest BCUT2D eigenvalue weighted by Gasteiger charge is 2.36. The second-order valence-electron chi connectivity index (χ2n) is 8.39. The van der Waals surface area contributed by atoms with Crippen molar-refractivity contribution >= 4 is 56.5 Å². The van der Waals surface area contributed by atoms with Crippen molar-refractivity contribution in [2.45, 2.75) is 20.5 Å². The van der Waals surface area contributed by atoms with Gasteiger partial charge in [0.1, 0.15) is 13.2 Å². The monoisotopic (exact) mass is 580 g/mol. The highest BCUT2D eigenvalue weighted by Crippen LogP contribution is 2.39. The average molecular weight is 581 g/mol. The summed E-state index contributed by atoms with van der Waals surface area (Å²) in [6.45, 7) is 3.76. The van der Waals surface area contributed by atoms with Crippen molar-refractivity contribution < 1.29 is 23.9 Å². The topological polar surface area (TPSA) is 84.9 Å². The highest BCUT2D eigenvalue weighted by molar-refractivity contribution is 9.10. The normalized spacial score (nSPS) is 14.3. The van der Waals surface area contributed by atoms with Crippen LogP contribution < -0.4 is 14.8 Å². The number of imide groups is 1. The molecule has 9 heteroatoms. The van der Waals surface area contributed by atoms with E-state index >= 15 is 0 Å². The van der Waals surface area contributed by atoms with E-state index in [2.05, 4.69) is 21.2 Å². The van der Waals surface area contributed by atoms with Crippen molar-refractivity contribution in [3.63, 3.8) is 0 Å². The van der Waals surface area contributed by atoms with E-state index in [0.717, 1.165) is 33.4 Å². The minimum absolute atomic E-state index is 0.219. The Labute approximate surface area is 228 Å². The molecule has 4 rings (SSSR count). The second-order valence-corrected chi connectivity index (χ2v) is 10.2. The molecule has 0 aromatic heterocycles. The number of rotatable bonds is 8. The lowest BCUT2D eigenvalue weighted by atomic mass is 10.1. The number of amides is 3. The van der Waals surface area contributed by atoms with Gasteiger partial charge in [-0.05, 0) is 82.0 Å². The molecule has 0 saturated carbocycles. The Morgan fingerprint density at radius 1 is 1.05 bits per heavy atom. The molecule has 3 aromatic rings. The Morgan fingerprint density at radius 2 is 1.76 bits per heavy atom. The Balaban J connectivity index is 1.48. The summed E-state index contributed by atoms with van der Waals surface area (Å²) in [5.74, 6) is 0.0416. The van der Waals surface area contributed by atoms with Gasteiger partial charge in [0.05, 0.1) is 16.5 Å². The van der Waals surface area contributed by atoms with Gasteiger partial charge < -0.3 is 14.8 Å². The first-order valence-corrected chi connectivity index (χ1v) is 13.0. The predicted molar refractivity (Wildman–Crippen MR) is 149 cm³/mol. The van der Waals surface area contributed by atoms with Gasteiger partial charge in [-0.2, -0.15) is 0 Å². The van der Waals surface area contributed by atoms with Crippen LogP contribution in [0.2, 0.25) is 0 Å². The number of anilines is 1. The van der Waals surface area contributed by atoms with Crippen LogP contribution in [0.3, 0.4) is 0 Å². The van der Waals surface area contributed by atoms with E-state index in [0.29, 0.717) is 33.8 Å². The first kappa shape index (κ1) is 26.5. The van der Waals surface area contributed by atoms with Crippen LogP contribution in [0.15, 0.2) is 70.0 Å². The molecular formula is C28H25BrN2O5S. The van der Waals surface area contributed by atoms with E-state index < -0.39 is 17.1 Å². The molecule has 37 heavy (non-hydrogen) atoms. The minimum Gasteiger partial charge on any atom is -0.493 e. The lowest BCUT2D eigenvalue weighted by Gasteiger charge is -2.15. The molecule has 0 atom stereocenters. The first-order valence-electron chi connectivity index (χ1n) is 11.4. The molecule has 0 radical (unpaired) electrons. The zero-order valence-corrected chi connectivity index (χ0v) is 22.9. The first-order chi connectivity index (χ1) is 17.8. The molecule has 3 aromatic carbocycles. The second kappa shape index (κ2) is 11.7. The molecule has 1 aliphatic rings. The Hall–Kier alpha value is -3.56. The number of benzene rings is 3. The number of hydrogen-bond donors (Lipinski definition) is 1. The number of thioether (sulfide) groups is 1. The van der Waals surface area contributed by atoms with E-state index in [9.17, 15) is 14.4 Å². The number of methoxy groups -OCH3 is 1. The number of para-hydroxylation sites is 1. The van der Waals surface area contributed by atoms with Gasteiger partial charge in [0.2, 0.25) is 5.91 Å². The molecule has 0 spiro atoms. The maximum Gasteiger partial charge on any atom is 0.294 e. The minimum atomic E-state index is -0.522. The van der Waals surface area contributed by atoms with Crippen LogP contribution in [-0.2, 0) is 16.2 Å². The Kier molecular flexibility index (Phi) is 8.35. The Bertz CT molecular complexity index is 1370. The number of nitrogens with zero attached hydrogens (tertiary/aromatic N) is 1. The zero-order valence-electron chi connectivity index (χ0n) is 20.5. The van der Waals surface area contributed by atoms with Crippen molar-refractivity contribution in [1.82, 2.24) is 4.90 Å². The number of halogens is 1. The molecule has 1 saturated heterocycles. The van der Waals surface area contributed by atoms with Crippen LogP contribution in [0, 0.1) is 13.8 Å². The Morgan fingerprint density at radius 3 is 2.43 bits per heavy atom. The van der Waals surface area contributed by atoms with Gasteiger partial charge in [0, 0.05) is 5.69 Å². The summed E-state index contributed by atoms with van der Waals surface area (Å²) >= 11 is 4.31. The fraction of sp³-hybridized carbons (Fsp3) is 0.179. The quantitative estimate of drug-likeness (QED) is 0.313. The van der Waals surface area contributed by atoms with Crippen LogP contribution in [-0.4, -0.2) is 35.6 Å². The molecule has 1 heterocycles. The van der Waals surface area contributed by atoms with Gasteiger partial charge >= 0.3 is 0 Å². The highest BCUT2D eigenvalue weighted by atomic mass is 79.9. The van der Waals surface area contributed by atoms with Crippen LogP contribution in [0.5, 0.6) is 11.5 Å². The molecule has 190 valence electrons. The molecule has 0 aliphatic carbocycles. The summed E-state index contributed by atoms with van der Waals surface area (Å²) in [5.41, 5.74) is 4.13. The van der Waals surface area contributed by atoms with Crippen molar-refractivity contribution in [3.8, 4) is 11.5 Å². The lowest BCUT2D eigenvalue weighted by Crippen LogP contribution is -2.36. The third kappa shape index (κ3) is 6.23. The fourth-order valence-electron chi connectivity index (χ4n) is 3.81. The van der Waals surface area contributed by atoms with Gasteiger partial charge in [-0.15, -0.1) is 0 Å². The van der Waals surface area contributed by atoms with Crippen molar-refractivity contribution in [2.24, 2.45) is 0 Å². The molecule has 7 nitrogen and oxygen atoms in total. The summed E-state index contributed by atoms with van der Waals surface area (Å²) in [7, 11) is 1.53. The van der Waals surface area contributed by atoms with E-state index in [1.807, 2.05) is 62.4 Å². The maximum atomic E-state index is 13.0. The maximum absolute atomic E-state index is 13.0.